The van der Waals surface area contributed by atoms with Crippen LogP contribution in [0.5, 0.6) is 5.75 Å². The summed E-state index contributed by atoms with van der Waals surface area (Å²) in [5, 5.41) is 20.9. The van der Waals surface area contributed by atoms with Crippen molar-refractivity contribution in [1.29, 1.82) is 0 Å². The molecule has 0 aliphatic rings. The highest BCUT2D eigenvalue weighted by atomic mass is 32.2. The van der Waals surface area contributed by atoms with Crippen LogP contribution in [-0.2, 0) is 4.79 Å². The third kappa shape index (κ3) is 2.67. The van der Waals surface area contributed by atoms with Crippen molar-refractivity contribution in [2.24, 2.45) is 0 Å². The van der Waals surface area contributed by atoms with E-state index in [1.807, 2.05) is 6.92 Å². The number of phenolic OH excluding ortho intramolecular Hbond substituents is 1. The molecule has 0 amide bonds. The van der Waals surface area contributed by atoms with Crippen LogP contribution in [0.15, 0.2) is 29.4 Å². The minimum atomic E-state index is -0.202. The molecule has 1 unspecified atom stereocenters. The van der Waals surface area contributed by atoms with Gasteiger partial charge in [-0.1, -0.05) is 11.8 Å². The largest absolute Gasteiger partial charge is 0.508 e. The Morgan fingerprint density at radius 2 is 2.06 bits per heavy atom. The van der Waals surface area contributed by atoms with Gasteiger partial charge in [-0.2, -0.15) is 4.68 Å². The molecule has 0 saturated carbocycles. The van der Waals surface area contributed by atoms with Crippen LogP contribution in [0.3, 0.4) is 0 Å². The third-order valence-corrected chi connectivity index (χ3v) is 3.54. The molecule has 2 aromatic rings. The summed E-state index contributed by atoms with van der Waals surface area (Å²) in [5.74, 6) is 0.249. The summed E-state index contributed by atoms with van der Waals surface area (Å²) in [4.78, 5) is 11.2. The second-order valence-corrected chi connectivity index (χ2v) is 5.07. The lowest BCUT2D eigenvalue weighted by atomic mass is 10.3. The molecule has 2 rings (SSSR count). The number of nitrogens with zero attached hydrogens (tertiary/aromatic N) is 4. The van der Waals surface area contributed by atoms with Gasteiger partial charge in [0.2, 0.25) is 5.16 Å². The first-order chi connectivity index (χ1) is 8.58. The monoisotopic (exact) mass is 264 g/mol. The zero-order valence-electron chi connectivity index (χ0n) is 9.94. The fourth-order valence-corrected chi connectivity index (χ4v) is 2.06. The quantitative estimate of drug-likeness (QED) is 0.841. The number of carbonyl (C=O) groups excluding carboxylic acids is 1. The minimum absolute atomic E-state index is 0.0697. The van der Waals surface area contributed by atoms with Gasteiger partial charge in [-0.05, 0) is 48.5 Å². The predicted molar refractivity (Wildman–Crippen MR) is 66.8 cm³/mol. The Kier molecular flexibility index (Phi) is 3.61. The van der Waals surface area contributed by atoms with Gasteiger partial charge < -0.3 is 5.11 Å². The van der Waals surface area contributed by atoms with Crippen LogP contribution in [0.1, 0.15) is 13.8 Å². The highest BCUT2D eigenvalue weighted by Crippen LogP contribution is 2.23. The van der Waals surface area contributed by atoms with Gasteiger partial charge in [0.25, 0.3) is 0 Å². The Morgan fingerprint density at radius 3 is 2.67 bits per heavy atom. The van der Waals surface area contributed by atoms with Crippen molar-refractivity contribution in [2.45, 2.75) is 24.3 Å². The second-order valence-electron chi connectivity index (χ2n) is 3.76. The number of rotatable bonds is 4. The van der Waals surface area contributed by atoms with E-state index in [1.54, 1.807) is 24.3 Å². The Morgan fingerprint density at radius 1 is 1.39 bits per heavy atom. The molecule has 1 atom stereocenters. The van der Waals surface area contributed by atoms with E-state index in [9.17, 15) is 9.90 Å². The zero-order valence-corrected chi connectivity index (χ0v) is 10.8. The summed E-state index contributed by atoms with van der Waals surface area (Å²) in [7, 11) is 0. The first kappa shape index (κ1) is 12.6. The maximum absolute atomic E-state index is 11.2. The molecular weight excluding hydrogens is 252 g/mol. The lowest BCUT2D eigenvalue weighted by molar-refractivity contribution is -0.116. The Balaban J connectivity index is 2.27. The topological polar surface area (TPSA) is 80.9 Å². The Bertz CT molecular complexity index is 552. The van der Waals surface area contributed by atoms with E-state index < -0.39 is 0 Å². The van der Waals surface area contributed by atoms with Crippen molar-refractivity contribution in [3.8, 4) is 11.4 Å². The Labute approximate surface area is 108 Å². The highest BCUT2D eigenvalue weighted by molar-refractivity contribution is 8.00. The van der Waals surface area contributed by atoms with Crippen molar-refractivity contribution in [2.75, 3.05) is 0 Å². The number of phenols is 1. The number of benzene rings is 1. The van der Waals surface area contributed by atoms with Gasteiger partial charge in [-0.15, -0.1) is 5.10 Å². The van der Waals surface area contributed by atoms with Crippen LogP contribution in [0.2, 0.25) is 0 Å². The first-order valence-electron chi connectivity index (χ1n) is 5.33. The molecule has 0 saturated heterocycles. The number of ketones is 1. The Hall–Kier alpha value is -1.89. The summed E-state index contributed by atoms with van der Waals surface area (Å²) < 4.78 is 1.53. The molecule has 6 nitrogen and oxygen atoms in total. The maximum atomic E-state index is 11.2. The van der Waals surface area contributed by atoms with Crippen LogP contribution in [0, 0.1) is 0 Å². The standard InChI is InChI=1S/C11H12N4O2S/c1-7(16)8(2)18-11-12-13-14-15(11)9-3-5-10(17)6-4-9/h3-6,8,17H,1-2H3. The molecule has 18 heavy (non-hydrogen) atoms. The van der Waals surface area contributed by atoms with E-state index in [1.165, 1.54) is 23.4 Å². The third-order valence-electron chi connectivity index (χ3n) is 2.39. The summed E-state index contributed by atoms with van der Waals surface area (Å²) in [6.45, 7) is 3.34. The molecule has 0 fully saturated rings. The number of Topliss-reactive ketones (excluding diaryl/α,β-unsaturated/α-hetero) is 1. The molecule has 0 aliphatic heterocycles. The first-order valence-corrected chi connectivity index (χ1v) is 6.21. The summed E-state index contributed by atoms with van der Waals surface area (Å²) in [6, 6.07) is 6.52. The molecule has 1 aromatic carbocycles. The van der Waals surface area contributed by atoms with Gasteiger partial charge in [-0.3, -0.25) is 4.79 Å². The highest BCUT2D eigenvalue weighted by Gasteiger charge is 2.15. The van der Waals surface area contributed by atoms with Gasteiger partial charge in [0, 0.05) is 0 Å². The smallest absolute Gasteiger partial charge is 0.214 e. The van der Waals surface area contributed by atoms with Gasteiger partial charge >= 0.3 is 0 Å². The van der Waals surface area contributed by atoms with Gasteiger partial charge in [0.15, 0.2) is 0 Å². The molecule has 0 spiro atoms. The van der Waals surface area contributed by atoms with Crippen LogP contribution in [0.4, 0.5) is 0 Å². The maximum Gasteiger partial charge on any atom is 0.214 e. The number of tetrazole rings is 1. The fourth-order valence-electron chi connectivity index (χ4n) is 1.25. The van der Waals surface area contributed by atoms with Crippen LogP contribution in [-0.4, -0.2) is 36.3 Å². The number of aromatic hydroxyl groups is 1. The van der Waals surface area contributed by atoms with Crippen LogP contribution < -0.4 is 0 Å². The van der Waals surface area contributed by atoms with Crippen molar-refractivity contribution in [3.63, 3.8) is 0 Å². The van der Waals surface area contributed by atoms with E-state index in [4.69, 9.17) is 0 Å². The molecule has 0 radical (unpaired) electrons. The van der Waals surface area contributed by atoms with Gasteiger partial charge in [0.1, 0.15) is 11.5 Å². The number of thioether (sulfide) groups is 1. The summed E-state index contributed by atoms with van der Waals surface area (Å²) >= 11 is 1.30. The molecule has 1 heterocycles. The fraction of sp³-hybridized carbons (Fsp3) is 0.273. The molecule has 1 aromatic heterocycles. The molecule has 7 heteroatoms. The van der Waals surface area contributed by atoms with E-state index >= 15 is 0 Å². The molecule has 0 aliphatic carbocycles. The van der Waals surface area contributed by atoms with E-state index in [0.29, 0.717) is 5.16 Å². The van der Waals surface area contributed by atoms with E-state index in [2.05, 4.69) is 15.5 Å². The summed E-state index contributed by atoms with van der Waals surface area (Å²) in [5.41, 5.74) is 0.732. The van der Waals surface area contributed by atoms with Gasteiger partial charge in [0.05, 0.1) is 10.9 Å². The lowest BCUT2D eigenvalue weighted by Crippen LogP contribution is -2.10. The van der Waals surface area contributed by atoms with E-state index in [-0.39, 0.29) is 16.8 Å². The molecule has 94 valence electrons. The zero-order chi connectivity index (χ0) is 13.1. The number of aromatic nitrogens is 4. The summed E-state index contributed by atoms with van der Waals surface area (Å²) in [6.07, 6.45) is 0. The second kappa shape index (κ2) is 5.18. The average molecular weight is 264 g/mol. The lowest BCUT2D eigenvalue weighted by Gasteiger charge is -2.07. The molecular formula is C11H12N4O2S. The van der Waals surface area contributed by atoms with Gasteiger partial charge in [-0.25, -0.2) is 0 Å². The van der Waals surface area contributed by atoms with Crippen molar-refractivity contribution >= 4 is 17.5 Å². The number of carbonyl (C=O) groups is 1. The number of hydrogen-bond acceptors (Lipinski definition) is 6. The van der Waals surface area contributed by atoms with Crippen molar-refractivity contribution < 1.29 is 9.90 Å². The normalized spacial score (nSPS) is 12.3. The van der Waals surface area contributed by atoms with Crippen molar-refractivity contribution in [1.82, 2.24) is 20.2 Å². The molecule has 1 N–H and O–H groups in total. The predicted octanol–water partition coefficient (Wildman–Crippen LogP) is 1.44. The average Bonchev–Trinajstić information content (AvgIpc) is 2.78. The SMILES string of the molecule is CC(=O)C(C)Sc1nnnn1-c1ccc(O)cc1. The van der Waals surface area contributed by atoms with Crippen molar-refractivity contribution in [3.05, 3.63) is 24.3 Å². The number of hydrogen-bond donors (Lipinski definition) is 1. The molecule has 0 bridgehead atoms. The minimum Gasteiger partial charge on any atom is -0.508 e. The van der Waals surface area contributed by atoms with Crippen LogP contribution in [0.25, 0.3) is 5.69 Å². The van der Waals surface area contributed by atoms with Crippen LogP contribution >= 0.6 is 11.8 Å². The van der Waals surface area contributed by atoms with E-state index in [0.717, 1.165) is 5.69 Å².